The van der Waals surface area contributed by atoms with Crippen molar-refractivity contribution in [2.24, 2.45) is 26.2 Å². The van der Waals surface area contributed by atoms with Gasteiger partial charge in [0.2, 0.25) is 0 Å². The second-order valence-corrected chi connectivity index (χ2v) is 16.2. The summed E-state index contributed by atoms with van der Waals surface area (Å²) in [7, 11) is -20.6. The molecule has 23 heteroatoms. The van der Waals surface area contributed by atoms with Crippen LogP contribution in [0.1, 0.15) is 11.1 Å². The molecule has 0 heterocycles. The van der Waals surface area contributed by atoms with Gasteiger partial charge in [0, 0.05) is 11.9 Å². The zero-order valence-corrected chi connectivity index (χ0v) is 28.8. The summed E-state index contributed by atoms with van der Waals surface area (Å²) >= 11 is 0. The molecule has 0 bridgehead atoms. The SMILES string of the molecule is Cc1cc(S(=O)(=O)O)c(N=Nc2c(S(=O)(=O)O)cc3cc(S(=O)(=O)O)c(N=Nc4ccc5ccccc5c4S(=O)(=O)O)c(O)c3c2N)cc1CN. The lowest BCUT2D eigenvalue weighted by molar-refractivity contribution is 0.472. The van der Waals surface area contributed by atoms with E-state index in [1.54, 1.807) is 6.07 Å². The van der Waals surface area contributed by atoms with E-state index in [0.717, 1.165) is 18.2 Å². The van der Waals surface area contributed by atoms with E-state index in [1.807, 2.05) is 0 Å². The van der Waals surface area contributed by atoms with E-state index in [9.17, 15) is 57.0 Å². The molecular formula is C28H24N6O13S4. The van der Waals surface area contributed by atoms with Crippen molar-refractivity contribution in [3.63, 3.8) is 0 Å². The number of fused-ring (bicyclic) bond motifs is 2. The van der Waals surface area contributed by atoms with Crippen LogP contribution in [0.3, 0.4) is 0 Å². The summed E-state index contributed by atoms with van der Waals surface area (Å²) in [6, 6.07) is 11.7. The fourth-order valence-corrected chi connectivity index (χ4v) is 7.97. The van der Waals surface area contributed by atoms with Crippen molar-refractivity contribution in [3.05, 3.63) is 71.8 Å². The number of phenols is 1. The molecule has 0 spiro atoms. The smallest absolute Gasteiger partial charge is 0.297 e. The molecule has 0 aliphatic heterocycles. The highest BCUT2D eigenvalue weighted by Crippen LogP contribution is 2.49. The Labute approximate surface area is 289 Å². The van der Waals surface area contributed by atoms with Gasteiger partial charge in [0.1, 0.15) is 42.3 Å². The molecule has 0 unspecified atom stereocenters. The molecule has 0 aromatic heterocycles. The first-order valence-corrected chi connectivity index (χ1v) is 19.5. The maximum absolute atomic E-state index is 12.4. The van der Waals surface area contributed by atoms with Crippen LogP contribution < -0.4 is 11.5 Å². The van der Waals surface area contributed by atoms with E-state index in [4.69, 9.17) is 11.5 Å². The minimum atomic E-state index is -5.34. The van der Waals surface area contributed by atoms with Crippen LogP contribution in [0.15, 0.2) is 101 Å². The van der Waals surface area contributed by atoms with Crippen LogP contribution in [-0.4, -0.2) is 57.0 Å². The number of aryl methyl sites for hydroxylation is 1. The number of azo groups is 2. The zero-order chi connectivity index (χ0) is 37.8. The second-order valence-electron chi connectivity index (χ2n) is 10.7. The number of hydrogen-bond donors (Lipinski definition) is 7. The van der Waals surface area contributed by atoms with Gasteiger partial charge in [-0.2, -0.15) is 33.7 Å². The van der Waals surface area contributed by atoms with Gasteiger partial charge in [0.25, 0.3) is 40.5 Å². The van der Waals surface area contributed by atoms with Gasteiger partial charge in [0.05, 0.1) is 11.1 Å². The summed E-state index contributed by atoms with van der Waals surface area (Å²) in [5, 5.41) is 25.3. The van der Waals surface area contributed by atoms with Crippen molar-refractivity contribution in [1.82, 2.24) is 0 Å². The molecule has 0 radical (unpaired) electrons. The predicted octanol–water partition coefficient (Wildman–Crippen LogP) is 4.87. The molecule has 0 aliphatic rings. The van der Waals surface area contributed by atoms with Crippen molar-refractivity contribution in [2.75, 3.05) is 5.73 Å². The number of nitrogens with two attached hydrogens (primary N) is 2. The highest BCUT2D eigenvalue weighted by atomic mass is 32.2. The van der Waals surface area contributed by atoms with Crippen LogP contribution in [0.5, 0.6) is 5.75 Å². The first-order chi connectivity index (χ1) is 23.5. The van der Waals surface area contributed by atoms with Crippen molar-refractivity contribution in [2.45, 2.75) is 33.1 Å². The molecule has 5 aromatic rings. The van der Waals surface area contributed by atoms with E-state index in [-0.39, 0.29) is 11.9 Å². The number of benzene rings is 5. The number of phenolic OH excluding ortho intramolecular Hbond substituents is 1. The molecule has 0 saturated heterocycles. The minimum absolute atomic E-state index is 0.00417. The number of nitrogen functional groups attached to an aromatic ring is 1. The van der Waals surface area contributed by atoms with Crippen molar-refractivity contribution in [3.8, 4) is 5.75 Å². The van der Waals surface area contributed by atoms with Crippen LogP contribution >= 0.6 is 0 Å². The average molecular weight is 781 g/mol. The second kappa shape index (κ2) is 13.0. The summed E-state index contributed by atoms with van der Waals surface area (Å²) in [5.74, 6) is -1.19. The Kier molecular flexibility index (Phi) is 9.48. The monoisotopic (exact) mass is 780 g/mol. The summed E-state index contributed by atoms with van der Waals surface area (Å²) in [4.78, 5) is -3.82. The molecule has 0 aliphatic carbocycles. The van der Waals surface area contributed by atoms with E-state index in [0.29, 0.717) is 28.6 Å². The number of nitrogens with zero attached hydrogens (tertiary/aromatic N) is 4. The summed E-state index contributed by atoms with van der Waals surface area (Å²) in [6.45, 7) is 1.36. The molecule has 268 valence electrons. The first kappa shape index (κ1) is 37.3. The van der Waals surface area contributed by atoms with Gasteiger partial charge in [-0.1, -0.05) is 30.3 Å². The molecule has 9 N–H and O–H groups in total. The maximum atomic E-state index is 12.4. The quantitative estimate of drug-likeness (QED) is 0.0596. The van der Waals surface area contributed by atoms with Gasteiger partial charge in [0.15, 0.2) is 5.75 Å². The number of aromatic hydroxyl groups is 1. The lowest BCUT2D eigenvalue weighted by atomic mass is 10.1. The number of hydrogen-bond acceptors (Lipinski definition) is 15. The van der Waals surface area contributed by atoms with Crippen molar-refractivity contribution in [1.29, 1.82) is 0 Å². The summed E-state index contributed by atoms with van der Waals surface area (Å²) in [5.41, 5.74) is 8.68. The van der Waals surface area contributed by atoms with Gasteiger partial charge in [-0.25, -0.2) is 0 Å². The highest BCUT2D eigenvalue weighted by molar-refractivity contribution is 7.86. The molecule has 19 nitrogen and oxygen atoms in total. The van der Waals surface area contributed by atoms with Gasteiger partial charge in [-0.15, -0.1) is 20.5 Å². The van der Waals surface area contributed by atoms with Gasteiger partial charge in [-0.05, 0) is 59.2 Å². The minimum Gasteiger partial charge on any atom is -0.505 e. The topological polar surface area (TPSA) is 339 Å². The Balaban J connectivity index is 1.83. The average Bonchev–Trinajstić information content (AvgIpc) is 3.01. The van der Waals surface area contributed by atoms with Crippen LogP contribution in [0.25, 0.3) is 21.5 Å². The molecule has 51 heavy (non-hydrogen) atoms. The molecule has 5 aromatic carbocycles. The Morgan fingerprint density at radius 2 is 1.18 bits per heavy atom. The standard InChI is InChI=1S/C28H24N6O13S4/c1-13-8-20(48(36,37)38)19(9-16(13)12-29)32-33-25-21(49(39,40)41)10-15-11-22(50(42,43)44)26(27(35)23(15)24(25)30)34-31-18-7-6-14-4-2-3-5-17(14)28(18)51(45,46)47/h2-11,35H,12,29-30H2,1H3,(H,36,37,38)(H,39,40,41)(H,42,43,44)(H,45,46,47). The summed E-state index contributed by atoms with van der Waals surface area (Å²) in [6.07, 6.45) is 0. The highest BCUT2D eigenvalue weighted by Gasteiger charge is 2.29. The van der Waals surface area contributed by atoms with E-state index < -0.39 is 105 Å². The van der Waals surface area contributed by atoms with E-state index in [2.05, 4.69) is 20.5 Å². The van der Waals surface area contributed by atoms with Gasteiger partial charge >= 0.3 is 0 Å². The molecule has 0 fully saturated rings. The molecule has 0 saturated carbocycles. The Morgan fingerprint density at radius 3 is 1.75 bits per heavy atom. The third kappa shape index (κ3) is 7.27. The van der Waals surface area contributed by atoms with E-state index >= 15 is 0 Å². The van der Waals surface area contributed by atoms with Crippen molar-refractivity contribution < 1.29 is 57.0 Å². The number of anilines is 1. The zero-order valence-electron chi connectivity index (χ0n) is 25.6. The molecular weight excluding hydrogens is 757 g/mol. The fraction of sp³-hybridized carbons (Fsp3) is 0.0714. The maximum Gasteiger partial charge on any atom is 0.297 e. The van der Waals surface area contributed by atoms with Crippen molar-refractivity contribution >= 4 is 90.5 Å². The summed E-state index contributed by atoms with van der Waals surface area (Å²) < 4.78 is 138. The van der Waals surface area contributed by atoms with Gasteiger partial charge < -0.3 is 16.6 Å². The van der Waals surface area contributed by atoms with E-state index in [1.165, 1.54) is 31.2 Å². The molecule has 0 atom stereocenters. The molecule has 5 rings (SSSR count). The lowest BCUT2D eigenvalue weighted by Crippen LogP contribution is -2.04. The lowest BCUT2D eigenvalue weighted by Gasteiger charge is -2.14. The van der Waals surface area contributed by atoms with Crippen LogP contribution in [-0.2, 0) is 47.0 Å². The number of rotatable bonds is 9. The Bertz CT molecular complexity index is 2820. The largest absolute Gasteiger partial charge is 0.505 e. The Hall–Kier alpha value is -4.98. The fourth-order valence-electron chi connectivity index (χ4n) is 5.11. The Morgan fingerprint density at radius 1 is 0.627 bits per heavy atom. The first-order valence-electron chi connectivity index (χ1n) is 13.7. The third-order valence-electron chi connectivity index (χ3n) is 7.42. The van der Waals surface area contributed by atoms with Crippen LogP contribution in [0.4, 0.5) is 28.4 Å². The van der Waals surface area contributed by atoms with Crippen LogP contribution in [0.2, 0.25) is 0 Å². The molecule has 0 amide bonds. The predicted molar refractivity (Wildman–Crippen MR) is 181 cm³/mol. The van der Waals surface area contributed by atoms with Gasteiger partial charge in [-0.3, -0.25) is 18.2 Å². The van der Waals surface area contributed by atoms with Crippen LogP contribution in [0, 0.1) is 6.92 Å². The third-order valence-corrected chi connectivity index (χ3v) is 11.0. The normalized spacial score (nSPS) is 13.2.